The van der Waals surface area contributed by atoms with Gasteiger partial charge in [-0.25, -0.2) is 0 Å². The van der Waals surface area contributed by atoms with Gasteiger partial charge in [-0.15, -0.1) is 0 Å². The van der Waals surface area contributed by atoms with Gasteiger partial charge in [0, 0.05) is 6.42 Å². The van der Waals surface area contributed by atoms with E-state index < -0.39 is 12.6 Å². The summed E-state index contributed by atoms with van der Waals surface area (Å²) in [5, 5.41) is 0. The van der Waals surface area contributed by atoms with Crippen LogP contribution >= 0.6 is 0 Å². The van der Waals surface area contributed by atoms with E-state index in [1.54, 1.807) is 13.0 Å². The molecule has 0 rings (SSSR count). The maximum absolute atomic E-state index is 11.7. The van der Waals surface area contributed by atoms with Gasteiger partial charge >= 0.3 is 6.18 Å². The lowest BCUT2D eigenvalue weighted by molar-refractivity contribution is -0.133. The molecule has 0 aromatic rings. The molecule has 0 aliphatic heterocycles. The zero-order valence-electron chi connectivity index (χ0n) is 7.12. The van der Waals surface area contributed by atoms with E-state index in [1.807, 2.05) is 0 Å². The second-order valence-corrected chi connectivity index (χ2v) is 2.74. The summed E-state index contributed by atoms with van der Waals surface area (Å²) in [5.74, 6) is 0. The molecular formula is C8H14F3N. The Morgan fingerprint density at radius 2 is 2.00 bits per heavy atom. The molecule has 0 bridgehead atoms. The van der Waals surface area contributed by atoms with Crippen LogP contribution in [0.1, 0.15) is 26.2 Å². The van der Waals surface area contributed by atoms with E-state index in [4.69, 9.17) is 5.73 Å². The summed E-state index contributed by atoms with van der Waals surface area (Å²) in [4.78, 5) is 0. The molecule has 12 heavy (non-hydrogen) atoms. The monoisotopic (exact) mass is 181 g/mol. The molecule has 0 aliphatic carbocycles. The van der Waals surface area contributed by atoms with Crippen molar-refractivity contribution in [3.8, 4) is 0 Å². The zero-order chi connectivity index (χ0) is 9.61. The summed E-state index contributed by atoms with van der Waals surface area (Å²) in [7, 11) is 0. The molecule has 1 nitrogen and oxygen atoms in total. The van der Waals surface area contributed by atoms with Crippen molar-refractivity contribution < 1.29 is 13.2 Å². The first kappa shape index (κ1) is 11.5. The molecule has 0 fully saturated rings. The number of alkyl halides is 3. The van der Waals surface area contributed by atoms with E-state index in [0.717, 1.165) is 5.57 Å². The normalized spacial score (nSPS) is 13.6. The standard InChI is InChI=1S/C8H14F3N/c1-7(3-2-6-12)4-5-8(9,10)11/h3H,2,4-6,12H2,1H3. The summed E-state index contributed by atoms with van der Waals surface area (Å²) in [6, 6.07) is 0. The Labute approximate surface area is 70.4 Å². The molecule has 0 amide bonds. The fourth-order valence-corrected chi connectivity index (χ4v) is 0.771. The van der Waals surface area contributed by atoms with Crippen LogP contribution in [-0.2, 0) is 0 Å². The van der Waals surface area contributed by atoms with Gasteiger partial charge < -0.3 is 5.73 Å². The van der Waals surface area contributed by atoms with Gasteiger partial charge in [0.1, 0.15) is 0 Å². The van der Waals surface area contributed by atoms with Crippen molar-refractivity contribution in [1.29, 1.82) is 0 Å². The summed E-state index contributed by atoms with van der Waals surface area (Å²) in [5.41, 5.74) is 5.95. The molecule has 0 aliphatic rings. The second-order valence-electron chi connectivity index (χ2n) is 2.74. The predicted molar refractivity (Wildman–Crippen MR) is 42.7 cm³/mol. The molecule has 0 unspecified atom stereocenters. The summed E-state index contributed by atoms with van der Waals surface area (Å²) in [6.45, 7) is 2.19. The highest BCUT2D eigenvalue weighted by Crippen LogP contribution is 2.23. The van der Waals surface area contributed by atoms with Gasteiger partial charge in [0.2, 0.25) is 0 Å². The molecule has 0 aromatic heterocycles. The predicted octanol–water partition coefficient (Wildman–Crippen LogP) is 2.62. The fraction of sp³-hybridized carbons (Fsp3) is 0.750. The third kappa shape index (κ3) is 7.60. The highest BCUT2D eigenvalue weighted by atomic mass is 19.4. The summed E-state index contributed by atoms with van der Waals surface area (Å²) in [6.07, 6.45) is -2.28. The van der Waals surface area contributed by atoms with Crippen LogP contribution in [0, 0.1) is 0 Å². The van der Waals surface area contributed by atoms with Crippen molar-refractivity contribution in [2.75, 3.05) is 6.54 Å². The Balaban J connectivity index is 3.63. The first-order chi connectivity index (χ1) is 5.45. The van der Waals surface area contributed by atoms with Gasteiger partial charge in [0.15, 0.2) is 0 Å². The van der Waals surface area contributed by atoms with Crippen LogP contribution < -0.4 is 5.73 Å². The van der Waals surface area contributed by atoms with Crippen LogP contribution in [0.15, 0.2) is 11.6 Å². The van der Waals surface area contributed by atoms with Crippen LogP contribution in [0.4, 0.5) is 13.2 Å². The van der Waals surface area contributed by atoms with Crippen molar-refractivity contribution in [3.05, 3.63) is 11.6 Å². The number of nitrogens with two attached hydrogens (primary N) is 1. The molecular weight excluding hydrogens is 167 g/mol. The quantitative estimate of drug-likeness (QED) is 0.663. The number of allylic oxidation sites excluding steroid dienone is 1. The van der Waals surface area contributed by atoms with Crippen LogP contribution in [-0.4, -0.2) is 12.7 Å². The van der Waals surface area contributed by atoms with Crippen molar-refractivity contribution in [2.45, 2.75) is 32.4 Å². The lowest BCUT2D eigenvalue weighted by Crippen LogP contribution is -2.06. The van der Waals surface area contributed by atoms with Crippen molar-refractivity contribution in [3.63, 3.8) is 0 Å². The van der Waals surface area contributed by atoms with Gasteiger partial charge in [0.25, 0.3) is 0 Å². The van der Waals surface area contributed by atoms with Crippen molar-refractivity contribution >= 4 is 0 Å². The molecule has 2 N–H and O–H groups in total. The Bertz CT molecular complexity index is 149. The zero-order valence-corrected chi connectivity index (χ0v) is 7.12. The van der Waals surface area contributed by atoms with Gasteiger partial charge in [0.05, 0.1) is 0 Å². The van der Waals surface area contributed by atoms with E-state index in [-0.39, 0.29) is 6.42 Å². The van der Waals surface area contributed by atoms with E-state index in [1.165, 1.54) is 0 Å². The van der Waals surface area contributed by atoms with Gasteiger partial charge in [-0.1, -0.05) is 11.6 Å². The first-order valence-electron chi connectivity index (χ1n) is 3.88. The number of hydrogen-bond acceptors (Lipinski definition) is 1. The molecule has 0 atom stereocenters. The molecule has 0 heterocycles. The lowest BCUT2D eigenvalue weighted by atomic mass is 10.1. The number of halogens is 3. The van der Waals surface area contributed by atoms with Gasteiger partial charge in [-0.3, -0.25) is 0 Å². The highest BCUT2D eigenvalue weighted by molar-refractivity contribution is 4.98. The minimum atomic E-state index is -4.04. The van der Waals surface area contributed by atoms with E-state index in [9.17, 15) is 13.2 Å². The SMILES string of the molecule is CC(=CCCN)CCC(F)(F)F. The van der Waals surface area contributed by atoms with Crippen LogP contribution in [0.25, 0.3) is 0 Å². The molecule has 0 spiro atoms. The molecule has 0 radical (unpaired) electrons. The van der Waals surface area contributed by atoms with E-state index in [0.29, 0.717) is 13.0 Å². The molecule has 0 saturated heterocycles. The molecule has 72 valence electrons. The van der Waals surface area contributed by atoms with Crippen LogP contribution in [0.2, 0.25) is 0 Å². The largest absolute Gasteiger partial charge is 0.389 e. The van der Waals surface area contributed by atoms with Crippen LogP contribution in [0.3, 0.4) is 0 Å². The Morgan fingerprint density at radius 1 is 1.42 bits per heavy atom. The minimum Gasteiger partial charge on any atom is -0.330 e. The Kier molecular flexibility index (Phi) is 4.97. The average Bonchev–Trinajstić information content (AvgIpc) is 1.95. The van der Waals surface area contributed by atoms with Crippen molar-refractivity contribution in [1.82, 2.24) is 0 Å². The first-order valence-corrected chi connectivity index (χ1v) is 3.88. The van der Waals surface area contributed by atoms with Crippen molar-refractivity contribution in [2.24, 2.45) is 5.73 Å². The number of hydrogen-bond donors (Lipinski definition) is 1. The fourth-order valence-electron chi connectivity index (χ4n) is 0.771. The van der Waals surface area contributed by atoms with Gasteiger partial charge in [-0.05, 0) is 26.3 Å². The topological polar surface area (TPSA) is 26.0 Å². The lowest BCUT2D eigenvalue weighted by Gasteiger charge is -2.05. The Hall–Kier alpha value is -0.510. The maximum atomic E-state index is 11.7. The van der Waals surface area contributed by atoms with E-state index >= 15 is 0 Å². The second kappa shape index (κ2) is 5.19. The van der Waals surface area contributed by atoms with Gasteiger partial charge in [-0.2, -0.15) is 13.2 Å². The smallest absolute Gasteiger partial charge is 0.330 e. The maximum Gasteiger partial charge on any atom is 0.389 e. The third-order valence-electron chi connectivity index (χ3n) is 1.46. The molecule has 0 saturated carbocycles. The summed E-state index contributed by atoms with van der Waals surface area (Å²) >= 11 is 0. The molecule has 4 heteroatoms. The molecule has 0 aromatic carbocycles. The Morgan fingerprint density at radius 3 is 2.42 bits per heavy atom. The van der Waals surface area contributed by atoms with E-state index in [2.05, 4.69) is 0 Å². The number of rotatable bonds is 4. The minimum absolute atomic E-state index is 0.0868. The highest BCUT2D eigenvalue weighted by Gasteiger charge is 2.26. The average molecular weight is 181 g/mol. The van der Waals surface area contributed by atoms with Crippen LogP contribution in [0.5, 0.6) is 0 Å². The third-order valence-corrected chi connectivity index (χ3v) is 1.46. The summed E-state index contributed by atoms with van der Waals surface area (Å²) < 4.78 is 35.1.